The molecular formula is C12H21NO2. The van der Waals surface area contributed by atoms with E-state index >= 15 is 0 Å². The summed E-state index contributed by atoms with van der Waals surface area (Å²) in [6.07, 6.45) is 0.953. The van der Waals surface area contributed by atoms with Gasteiger partial charge in [-0.1, -0.05) is 6.92 Å². The zero-order chi connectivity index (χ0) is 11.1. The Morgan fingerprint density at radius 2 is 2.07 bits per heavy atom. The van der Waals surface area contributed by atoms with E-state index in [0.717, 1.165) is 37.7 Å². The first kappa shape index (κ1) is 12.3. The van der Waals surface area contributed by atoms with Crippen molar-refractivity contribution in [2.24, 2.45) is 0 Å². The molecule has 0 aliphatic carbocycles. The fraction of sp³-hybridized carbons (Fsp3) is 0.667. The van der Waals surface area contributed by atoms with E-state index in [1.165, 1.54) is 0 Å². The highest BCUT2D eigenvalue weighted by molar-refractivity contribution is 5.06. The van der Waals surface area contributed by atoms with Gasteiger partial charge in [-0.15, -0.1) is 0 Å². The summed E-state index contributed by atoms with van der Waals surface area (Å²) in [6, 6.07) is 4.42. The summed E-state index contributed by atoms with van der Waals surface area (Å²) < 4.78 is 10.9. The van der Waals surface area contributed by atoms with Crippen LogP contribution in [0.4, 0.5) is 0 Å². The number of furan rings is 1. The Labute approximate surface area is 91.8 Å². The average Bonchev–Trinajstić information content (AvgIpc) is 2.71. The number of aryl methyl sites for hydroxylation is 1. The molecule has 1 unspecified atom stereocenters. The minimum atomic E-state index is 0.361. The van der Waals surface area contributed by atoms with Crippen LogP contribution in [0.3, 0.4) is 0 Å². The molecule has 15 heavy (non-hydrogen) atoms. The van der Waals surface area contributed by atoms with E-state index in [2.05, 4.69) is 19.2 Å². The van der Waals surface area contributed by atoms with Crippen LogP contribution in [-0.4, -0.2) is 19.3 Å². The molecule has 1 N–H and O–H groups in total. The molecular weight excluding hydrogens is 190 g/mol. The molecule has 0 spiro atoms. The van der Waals surface area contributed by atoms with E-state index < -0.39 is 0 Å². The highest BCUT2D eigenvalue weighted by Gasteiger charge is 2.03. The third-order valence-electron chi connectivity index (χ3n) is 2.26. The van der Waals surface area contributed by atoms with E-state index in [0.29, 0.717) is 6.04 Å². The maximum Gasteiger partial charge on any atom is 0.117 e. The lowest BCUT2D eigenvalue weighted by Gasteiger charge is -2.12. The largest absolute Gasteiger partial charge is 0.465 e. The molecule has 0 aliphatic rings. The van der Waals surface area contributed by atoms with Crippen LogP contribution in [0.15, 0.2) is 16.5 Å². The van der Waals surface area contributed by atoms with Gasteiger partial charge in [-0.3, -0.25) is 0 Å². The second-order valence-corrected chi connectivity index (χ2v) is 3.66. The fourth-order valence-corrected chi connectivity index (χ4v) is 1.34. The number of hydrogen-bond acceptors (Lipinski definition) is 3. The maximum atomic E-state index is 5.58. The number of hydrogen-bond donors (Lipinski definition) is 1. The molecule has 1 atom stereocenters. The van der Waals surface area contributed by atoms with Crippen LogP contribution in [-0.2, 0) is 17.7 Å². The number of ether oxygens (including phenoxy) is 1. The Morgan fingerprint density at radius 3 is 2.67 bits per heavy atom. The smallest absolute Gasteiger partial charge is 0.117 e. The van der Waals surface area contributed by atoms with Gasteiger partial charge in [-0.25, -0.2) is 0 Å². The van der Waals surface area contributed by atoms with Crippen molar-refractivity contribution in [3.63, 3.8) is 0 Å². The summed E-state index contributed by atoms with van der Waals surface area (Å²) in [6.45, 7) is 8.50. The molecule has 1 heterocycles. The minimum absolute atomic E-state index is 0.361. The van der Waals surface area contributed by atoms with Crippen molar-refractivity contribution in [1.29, 1.82) is 0 Å². The van der Waals surface area contributed by atoms with Crippen molar-refractivity contribution >= 4 is 0 Å². The molecule has 0 radical (unpaired) electrons. The zero-order valence-electron chi connectivity index (χ0n) is 9.88. The Bertz CT molecular complexity index is 270. The van der Waals surface area contributed by atoms with Gasteiger partial charge < -0.3 is 14.5 Å². The molecule has 0 saturated heterocycles. The Balaban J connectivity index is 2.24. The van der Waals surface area contributed by atoms with Gasteiger partial charge in [0.25, 0.3) is 0 Å². The van der Waals surface area contributed by atoms with Crippen LogP contribution in [0.25, 0.3) is 0 Å². The van der Waals surface area contributed by atoms with E-state index in [1.807, 2.05) is 19.1 Å². The van der Waals surface area contributed by atoms with Crippen molar-refractivity contribution in [3.05, 3.63) is 23.7 Å². The molecule has 3 nitrogen and oxygen atoms in total. The summed E-state index contributed by atoms with van der Waals surface area (Å²) in [7, 11) is 0. The van der Waals surface area contributed by atoms with E-state index in [1.54, 1.807) is 0 Å². The Hall–Kier alpha value is -0.800. The van der Waals surface area contributed by atoms with Crippen molar-refractivity contribution in [2.75, 3.05) is 13.2 Å². The first-order valence-corrected chi connectivity index (χ1v) is 5.65. The summed E-state index contributed by atoms with van der Waals surface area (Å²) in [5, 5.41) is 3.35. The average molecular weight is 211 g/mol. The second-order valence-electron chi connectivity index (χ2n) is 3.66. The summed E-state index contributed by atoms with van der Waals surface area (Å²) in [4.78, 5) is 0. The third-order valence-corrected chi connectivity index (χ3v) is 2.26. The van der Waals surface area contributed by atoms with Gasteiger partial charge in [-0.2, -0.15) is 0 Å². The highest BCUT2D eigenvalue weighted by atomic mass is 16.5. The molecule has 0 amide bonds. The van der Waals surface area contributed by atoms with Gasteiger partial charge in [0.15, 0.2) is 0 Å². The topological polar surface area (TPSA) is 34.4 Å². The van der Waals surface area contributed by atoms with Crippen LogP contribution in [0, 0.1) is 0 Å². The van der Waals surface area contributed by atoms with Gasteiger partial charge in [0.1, 0.15) is 11.5 Å². The molecule has 1 aromatic rings. The van der Waals surface area contributed by atoms with Crippen molar-refractivity contribution in [3.8, 4) is 0 Å². The summed E-state index contributed by atoms with van der Waals surface area (Å²) in [5.74, 6) is 2.04. The summed E-state index contributed by atoms with van der Waals surface area (Å²) >= 11 is 0. The molecule has 0 aromatic carbocycles. The van der Waals surface area contributed by atoms with Gasteiger partial charge in [0.2, 0.25) is 0 Å². The van der Waals surface area contributed by atoms with Gasteiger partial charge in [0, 0.05) is 19.1 Å². The molecule has 1 aromatic heterocycles. The van der Waals surface area contributed by atoms with Crippen LogP contribution >= 0.6 is 0 Å². The van der Waals surface area contributed by atoms with E-state index in [-0.39, 0.29) is 0 Å². The standard InChI is InChI=1S/C12H21NO2/c1-4-11-6-7-12(15-11)8-13-10(3)9-14-5-2/h6-7,10,13H,4-5,8-9H2,1-3H3. The molecule has 0 saturated carbocycles. The van der Waals surface area contributed by atoms with Crippen LogP contribution < -0.4 is 5.32 Å². The monoisotopic (exact) mass is 211 g/mol. The number of rotatable bonds is 7. The van der Waals surface area contributed by atoms with Gasteiger partial charge >= 0.3 is 0 Å². The van der Waals surface area contributed by atoms with Crippen LogP contribution in [0.5, 0.6) is 0 Å². The number of nitrogens with one attached hydrogen (secondary N) is 1. The first-order chi connectivity index (χ1) is 7.26. The van der Waals surface area contributed by atoms with Crippen molar-refractivity contribution in [2.45, 2.75) is 39.8 Å². The molecule has 0 bridgehead atoms. The molecule has 1 rings (SSSR count). The Morgan fingerprint density at radius 1 is 1.33 bits per heavy atom. The zero-order valence-corrected chi connectivity index (χ0v) is 9.88. The van der Waals surface area contributed by atoms with Gasteiger partial charge in [-0.05, 0) is 26.0 Å². The van der Waals surface area contributed by atoms with E-state index in [4.69, 9.17) is 9.15 Å². The minimum Gasteiger partial charge on any atom is -0.465 e. The van der Waals surface area contributed by atoms with Crippen molar-refractivity contribution < 1.29 is 9.15 Å². The Kier molecular flexibility index (Phi) is 5.43. The molecule has 0 aliphatic heterocycles. The molecule has 0 fully saturated rings. The summed E-state index contributed by atoms with van der Waals surface area (Å²) in [5.41, 5.74) is 0. The van der Waals surface area contributed by atoms with Gasteiger partial charge in [0.05, 0.1) is 13.2 Å². The van der Waals surface area contributed by atoms with Crippen LogP contribution in [0.1, 0.15) is 32.3 Å². The lowest BCUT2D eigenvalue weighted by Crippen LogP contribution is -2.29. The van der Waals surface area contributed by atoms with Crippen molar-refractivity contribution in [1.82, 2.24) is 5.32 Å². The maximum absolute atomic E-state index is 5.58. The normalized spacial score (nSPS) is 13.0. The molecule has 3 heteroatoms. The highest BCUT2D eigenvalue weighted by Crippen LogP contribution is 2.08. The quantitative estimate of drug-likeness (QED) is 0.751. The van der Waals surface area contributed by atoms with E-state index in [9.17, 15) is 0 Å². The first-order valence-electron chi connectivity index (χ1n) is 5.65. The SMILES string of the molecule is CCOCC(C)NCc1ccc(CC)o1. The third kappa shape index (κ3) is 4.49. The lowest BCUT2D eigenvalue weighted by atomic mass is 10.3. The fourth-order valence-electron chi connectivity index (χ4n) is 1.34. The van der Waals surface area contributed by atoms with Crippen LogP contribution in [0.2, 0.25) is 0 Å². The predicted octanol–water partition coefficient (Wildman–Crippen LogP) is 2.36. The molecule has 86 valence electrons. The predicted molar refractivity (Wildman–Crippen MR) is 60.9 cm³/mol. The second kappa shape index (κ2) is 6.64. The lowest BCUT2D eigenvalue weighted by molar-refractivity contribution is 0.126.